The summed E-state index contributed by atoms with van der Waals surface area (Å²) in [6.07, 6.45) is 3.22. The van der Waals surface area contributed by atoms with Crippen LogP contribution in [0.1, 0.15) is 72.9 Å². The molecule has 2 saturated heterocycles. The van der Waals surface area contributed by atoms with Crippen LogP contribution in [-0.4, -0.2) is 62.5 Å². The monoisotopic (exact) mass is 530 g/mol. The molecule has 204 valence electrons. The quantitative estimate of drug-likeness (QED) is 0.465. The molecule has 0 unspecified atom stereocenters. The number of halogens is 3. The average molecular weight is 531 g/mol. The molecule has 8 nitrogen and oxygen atoms in total. The number of likely N-dealkylation sites (tertiary alicyclic amines) is 1. The molecular weight excluding hydrogens is 497 g/mol. The summed E-state index contributed by atoms with van der Waals surface area (Å²) < 4.78 is 41.6. The summed E-state index contributed by atoms with van der Waals surface area (Å²) >= 11 is 0. The molecule has 11 heteroatoms. The standard InChI is InChI=1S/C27H33F3N6O2/c1-26(2,38)20-13-23-33-21(16-7-11-35(12-8-16)17-5-9-32-10-6-17)15-36(23)14-19(20)18-3-4-22(27(28,29)30)34-24(18)25(31)37/h3-4,13-17,32,38H,5-12H2,1-2H3,(H2,31,37). The molecule has 0 spiro atoms. The molecule has 4 N–H and O–H groups in total. The van der Waals surface area contributed by atoms with Crippen LogP contribution in [-0.2, 0) is 11.8 Å². The van der Waals surface area contributed by atoms with E-state index in [1.54, 1.807) is 30.5 Å². The number of nitrogens with zero attached hydrogens (tertiary/aromatic N) is 4. The number of carbonyl (C=O) groups excluding carboxylic acids is 1. The highest BCUT2D eigenvalue weighted by atomic mass is 19.4. The first kappa shape index (κ1) is 26.6. The van der Waals surface area contributed by atoms with Gasteiger partial charge < -0.3 is 25.5 Å². The van der Waals surface area contributed by atoms with Crippen LogP contribution in [0.4, 0.5) is 13.2 Å². The number of aliphatic hydroxyl groups is 1. The second kappa shape index (κ2) is 9.94. The average Bonchev–Trinajstić information content (AvgIpc) is 3.30. The van der Waals surface area contributed by atoms with Crippen molar-refractivity contribution in [3.63, 3.8) is 0 Å². The third kappa shape index (κ3) is 5.27. The van der Waals surface area contributed by atoms with Crippen molar-refractivity contribution in [2.24, 2.45) is 5.73 Å². The summed E-state index contributed by atoms with van der Waals surface area (Å²) in [6.45, 7) is 7.31. The minimum atomic E-state index is -4.73. The number of pyridine rings is 2. The van der Waals surface area contributed by atoms with Crippen LogP contribution >= 0.6 is 0 Å². The van der Waals surface area contributed by atoms with Gasteiger partial charge in [-0.2, -0.15) is 13.2 Å². The van der Waals surface area contributed by atoms with Gasteiger partial charge in [0.1, 0.15) is 17.0 Å². The Morgan fingerprint density at radius 1 is 1.05 bits per heavy atom. The van der Waals surface area contributed by atoms with Crippen LogP contribution in [0.3, 0.4) is 0 Å². The van der Waals surface area contributed by atoms with Crippen LogP contribution in [0.5, 0.6) is 0 Å². The molecule has 3 aromatic heterocycles. The number of fused-ring (bicyclic) bond motifs is 1. The van der Waals surface area contributed by atoms with Crippen LogP contribution in [0.25, 0.3) is 16.8 Å². The van der Waals surface area contributed by atoms with Crippen molar-refractivity contribution in [3.05, 3.63) is 53.2 Å². The number of hydrogen-bond acceptors (Lipinski definition) is 6. The first-order chi connectivity index (χ1) is 17.9. The lowest BCUT2D eigenvalue weighted by Gasteiger charge is -2.39. The van der Waals surface area contributed by atoms with E-state index < -0.39 is 29.1 Å². The molecule has 0 aliphatic carbocycles. The van der Waals surface area contributed by atoms with E-state index in [2.05, 4.69) is 15.2 Å². The maximum Gasteiger partial charge on any atom is 0.433 e. The van der Waals surface area contributed by atoms with Gasteiger partial charge >= 0.3 is 6.18 Å². The van der Waals surface area contributed by atoms with E-state index in [4.69, 9.17) is 10.7 Å². The molecule has 0 aromatic carbocycles. The van der Waals surface area contributed by atoms with Crippen molar-refractivity contribution in [3.8, 4) is 11.1 Å². The Balaban J connectivity index is 1.50. The predicted octanol–water partition coefficient (Wildman–Crippen LogP) is 3.67. The zero-order chi connectivity index (χ0) is 27.2. The molecule has 0 radical (unpaired) electrons. The minimum Gasteiger partial charge on any atom is -0.386 e. The molecule has 2 aliphatic heterocycles. The Morgan fingerprint density at radius 3 is 2.34 bits per heavy atom. The number of carbonyl (C=O) groups is 1. The molecule has 2 aliphatic rings. The second-order valence-electron chi connectivity index (χ2n) is 10.8. The summed E-state index contributed by atoms with van der Waals surface area (Å²) in [4.78, 5) is 23.1. The van der Waals surface area contributed by atoms with E-state index >= 15 is 0 Å². The summed E-state index contributed by atoms with van der Waals surface area (Å²) in [5.74, 6) is -0.796. The summed E-state index contributed by atoms with van der Waals surface area (Å²) in [5.41, 5.74) is 4.81. The number of piperidine rings is 2. The maximum absolute atomic E-state index is 13.3. The third-order valence-corrected chi connectivity index (χ3v) is 7.75. The zero-order valence-corrected chi connectivity index (χ0v) is 21.6. The Bertz CT molecular complexity index is 1330. The Labute approximate surface area is 219 Å². The van der Waals surface area contributed by atoms with Gasteiger partial charge in [0, 0.05) is 35.5 Å². The van der Waals surface area contributed by atoms with Gasteiger partial charge in [-0.25, -0.2) is 9.97 Å². The van der Waals surface area contributed by atoms with Crippen molar-refractivity contribution >= 4 is 11.6 Å². The minimum absolute atomic E-state index is 0.120. The zero-order valence-electron chi connectivity index (χ0n) is 21.6. The molecule has 3 aromatic rings. The number of alkyl halides is 3. The van der Waals surface area contributed by atoms with Crippen molar-refractivity contribution in [1.82, 2.24) is 24.6 Å². The lowest BCUT2D eigenvalue weighted by molar-refractivity contribution is -0.141. The number of primary amides is 1. The molecule has 0 atom stereocenters. The van der Waals surface area contributed by atoms with Crippen LogP contribution < -0.4 is 11.1 Å². The maximum atomic E-state index is 13.3. The molecule has 2 fully saturated rings. The number of hydrogen-bond donors (Lipinski definition) is 3. The first-order valence-electron chi connectivity index (χ1n) is 13.0. The fourth-order valence-electron chi connectivity index (χ4n) is 5.73. The SMILES string of the molecule is CC(C)(O)c1cc2nc(C3CCN(C4CCNCC4)CC3)cn2cc1-c1ccc(C(F)(F)F)nc1C(N)=O. The molecular formula is C27H33F3N6O2. The molecule has 1 amide bonds. The second-order valence-corrected chi connectivity index (χ2v) is 10.8. The van der Waals surface area contributed by atoms with Crippen molar-refractivity contribution in [2.75, 3.05) is 26.2 Å². The number of nitrogens with two attached hydrogens (primary N) is 1. The molecule has 0 bridgehead atoms. The van der Waals surface area contributed by atoms with E-state index in [1.165, 1.54) is 18.9 Å². The van der Waals surface area contributed by atoms with E-state index in [-0.39, 0.29) is 11.5 Å². The lowest BCUT2D eigenvalue weighted by atomic mass is 9.90. The van der Waals surface area contributed by atoms with E-state index in [0.29, 0.717) is 22.8 Å². The summed E-state index contributed by atoms with van der Waals surface area (Å²) in [5, 5.41) is 14.4. The number of rotatable bonds is 5. The summed E-state index contributed by atoms with van der Waals surface area (Å²) in [6, 6.07) is 4.34. The fourth-order valence-corrected chi connectivity index (χ4v) is 5.73. The smallest absolute Gasteiger partial charge is 0.386 e. The predicted molar refractivity (Wildman–Crippen MR) is 137 cm³/mol. The Morgan fingerprint density at radius 2 is 1.74 bits per heavy atom. The van der Waals surface area contributed by atoms with Gasteiger partial charge in [-0.3, -0.25) is 4.79 Å². The van der Waals surface area contributed by atoms with Crippen molar-refractivity contribution in [1.29, 1.82) is 0 Å². The van der Waals surface area contributed by atoms with Gasteiger partial charge in [-0.05, 0) is 89.5 Å². The normalized spacial score (nSPS) is 18.8. The Hall–Kier alpha value is -3.02. The van der Waals surface area contributed by atoms with Crippen LogP contribution in [0, 0.1) is 0 Å². The fraction of sp³-hybridized carbons (Fsp3) is 0.519. The van der Waals surface area contributed by atoms with Crippen molar-refractivity contribution < 1.29 is 23.1 Å². The third-order valence-electron chi connectivity index (χ3n) is 7.75. The Kier molecular flexibility index (Phi) is 6.95. The number of imidazole rings is 1. The number of nitrogens with one attached hydrogen (secondary N) is 1. The van der Waals surface area contributed by atoms with Gasteiger partial charge in [0.15, 0.2) is 0 Å². The van der Waals surface area contributed by atoms with Crippen LogP contribution in [0.2, 0.25) is 0 Å². The largest absolute Gasteiger partial charge is 0.433 e. The van der Waals surface area contributed by atoms with Gasteiger partial charge in [0.2, 0.25) is 0 Å². The number of aromatic nitrogens is 3. The van der Waals surface area contributed by atoms with Crippen molar-refractivity contribution in [2.45, 2.75) is 63.3 Å². The van der Waals surface area contributed by atoms with Gasteiger partial charge in [0.25, 0.3) is 5.91 Å². The highest BCUT2D eigenvalue weighted by Crippen LogP contribution is 2.37. The van der Waals surface area contributed by atoms with Crippen LogP contribution in [0.15, 0.2) is 30.6 Å². The highest BCUT2D eigenvalue weighted by molar-refractivity contribution is 5.98. The van der Waals surface area contributed by atoms with Gasteiger partial charge in [-0.15, -0.1) is 0 Å². The first-order valence-corrected chi connectivity index (χ1v) is 13.0. The molecule has 5 rings (SSSR count). The lowest BCUT2D eigenvalue weighted by Crippen LogP contribution is -2.46. The van der Waals surface area contributed by atoms with Gasteiger partial charge in [0.05, 0.1) is 11.3 Å². The van der Waals surface area contributed by atoms with E-state index in [1.807, 2.05) is 6.20 Å². The van der Waals surface area contributed by atoms with E-state index in [9.17, 15) is 23.1 Å². The number of amides is 1. The molecule has 38 heavy (non-hydrogen) atoms. The summed E-state index contributed by atoms with van der Waals surface area (Å²) in [7, 11) is 0. The topological polar surface area (TPSA) is 109 Å². The molecule has 0 saturated carbocycles. The molecule has 5 heterocycles. The van der Waals surface area contributed by atoms with E-state index in [0.717, 1.165) is 50.8 Å². The van der Waals surface area contributed by atoms with Gasteiger partial charge in [-0.1, -0.05) is 0 Å². The highest BCUT2D eigenvalue weighted by Gasteiger charge is 2.35.